The van der Waals surface area contributed by atoms with Gasteiger partial charge in [0.2, 0.25) is 0 Å². The van der Waals surface area contributed by atoms with Gasteiger partial charge < -0.3 is 18.6 Å². The van der Waals surface area contributed by atoms with Crippen molar-refractivity contribution in [3.8, 4) is 22.3 Å². The zero-order chi connectivity index (χ0) is 58.1. The molecule has 0 N–H and O–H groups in total. The van der Waals surface area contributed by atoms with Crippen LogP contribution in [0, 0.1) is 13.8 Å². The minimum absolute atomic E-state index is 0.139. The standard InChI is InChI=1S/C80H72N2O2/c1-47(2)63-45-69(81(67-35-21-19-29-53(67)51-25-15-13-16-26-51)73-49(5)37-39-59-57-31-23-33-65(79(7,8)9)75(57)83-77(59)73)61-44-42-56-64(48(3)4)46-70(62-43-41-55(63)71(61)72(56)62)82(68-36-22-20-30-54(68)52-27-17-14-18-28-52)74-50(6)38-40-60-58-32-24-34-66(80(10,11)12)76(58)84-78(60)74/h13-48H,1-12H3. The normalized spacial score (nSPS) is 12.5. The van der Waals surface area contributed by atoms with Gasteiger partial charge >= 0.3 is 0 Å². The third-order valence-electron chi connectivity index (χ3n) is 17.9. The molecule has 0 saturated carbocycles. The first-order valence-corrected chi connectivity index (χ1v) is 30.1. The van der Waals surface area contributed by atoms with Crippen LogP contribution in [0.5, 0.6) is 0 Å². The van der Waals surface area contributed by atoms with Crippen LogP contribution in [0.3, 0.4) is 0 Å². The Labute approximate surface area is 493 Å². The van der Waals surface area contributed by atoms with Gasteiger partial charge in [0.15, 0.2) is 11.2 Å². The van der Waals surface area contributed by atoms with Crippen LogP contribution in [0.15, 0.2) is 215 Å². The molecule has 14 aromatic rings. The number of anilines is 6. The average Bonchev–Trinajstić information content (AvgIpc) is 1.13. The molecular weight excluding hydrogens is 1020 g/mol. The van der Waals surface area contributed by atoms with Gasteiger partial charge in [-0.1, -0.05) is 251 Å². The number of aryl methyl sites for hydroxylation is 2. The Balaban J connectivity index is 1.14. The predicted molar refractivity (Wildman–Crippen MR) is 360 cm³/mol. The lowest BCUT2D eigenvalue weighted by atomic mass is 9.83. The molecule has 0 unspecified atom stereocenters. The van der Waals surface area contributed by atoms with Gasteiger partial charge in [-0.05, 0) is 116 Å². The Kier molecular flexibility index (Phi) is 12.5. The molecule has 4 nitrogen and oxygen atoms in total. The van der Waals surface area contributed by atoms with Gasteiger partial charge in [-0.15, -0.1) is 0 Å². The molecule has 4 heteroatoms. The van der Waals surface area contributed by atoms with E-state index in [1.54, 1.807) is 0 Å². The van der Waals surface area contributed by atoms with E-state index < -0.39 is 0 Å². The van der Waals surface area contributed by atoms with Crippen LogP contribution in [0.25, 0.3) is 98.4 Å². The van der Waals surface area contributed by atoms with Crippen molar-refractivity contribution in [1.82, 2.24) is 0 Å². The first kappa shape index (κ1) is 52.9. The Morgan fingerprint density at radius 1 is 0.321 bits per heavy atom. The van der Waals surface area contributed by atoms with E-state index in [0.717, 1.165) is 111 Å². The van der Waals surface area contributed by atoms with Crippen LogP contribution in [0.2, 0.25) is 0 Å². The summed E-state index contributed by atoms with van der Waals surface area (Å²) in [5.41, 5.74) is 21.6. The Bertz CT molecular complexity index is 4580. The Morgan fingerprint density at radius 3 is 1.05 bits per heavy atom. The molecule has 2 aromatic heterocycles. The van der Waals surface area contributed by atoms with Crippen LogP contribution < -0.4 is 9.80 Å². The number of hydrogen-bond donors (Lipinski definition) is 0. The largest absolute Gasteiger partial charge is 0.454 e. The lowest BCUT2D eigenvalue weighted by molar-refractivity contribution is 0.572. The topological polar surface area (TPSA) is 32.8 Å². The second-order valence-electron chi connectivity index (χ2n) is 26.1. The Hall–Kier alpha value is -9.12. The maximum atomic E-state index is 7.43. The van der Waals surface area contributed by atoms with Crippen molar-refractivity contribution in [2.75, 3.05) is 9.80 Å². The molecule has 0 atom stereocenters. The van der Waals surface area contributed by atoms with Crippen molar-refractivity contribution in [2.45, 2.75) is 106 Å². The molecule has 414 valence electrons. The predicted octanol–water partition coefficient (Wildman–Crippen LogP) is 24.1. The zero-order valence-corrected chi connectivity index (χ0v) is 50.5. The average molecular weight is 1090 g/mol. The van der Waals surface area contributed by atoms with Gasteiger partial charge in [-0.3, -0.25) is 0 Å². The highest BCUT2D eigenvalue weighted by molar-refractivity contribution is 6.30. The monoisotopic (exact) mass is 1090 g/mol. The third kappa shape index (κ3) is 8.31. The molecule has 0 aliphatic rings. The fourth-order valence-corrected chi connectivity index (χ4v) is 13.8. The number of rotatable bonds is 10. The van der Waals surface area contributed by atoms with Crippen molar-refractivity contribution < 1.29 is 8.83 Å². The van der Waals surface area contributed by atoms with Crippen LogP contribution in [-0.2, 0) is 10.8 Å². The minimum Gasteiger partial charge on any atom is -0.454 e. The van der Waals surface area contributed by atoms with Crippen molar-refractivity contribution in [1.29, 1.82) is 0 Å². The fraction of sp³-hybridized carbons (Fsp3) is 0.200. The highest BCUT2D eigenvalue weighted by atomic mass is 16.3. The maximum absolute atomic E-state index is 7.43. The highest BCUT2D eigenvalue weighted by Crippen LogP contribution is 2.56. The molecule has 14 rings (SSSR count). The summed E-state index contributed by atoms with van der Waals surface area (Å²) in [4.78, 5) is 5.11. The van der Waals surface area contributed by atoms with Gasteiger partial charge in [0.05, 0.1) is 34.1 Å². The number of hydrogen-bond acceptors (Lipinski definition) is 4. The molecule has 0 aliphatic heterocycles. The second-order valence-corrected chi connectivity index (χ2v) is 26.1. The van der Waals surface area contributed by atoms with Gasteiger partial charge in [-0.25, -0.2) is 0 Å². The SMILES string of the molecule is Cc1ccc2c(oc3c(C(C)(C)C)cccc32)c1N(c1ccccc1-c1ccccc1)c1cc(C(C)C)c2ccc3c(N(c4ccccc4-c4ccccc4)c4c(C)ccc5c4oc4c(C(C)(C)C)cccc45)cc(C(C)C)c4ccc1c2c43. The fourth-order valence-electron chi connectivity index (χ4n) is 13.8. The number of furan rings is 2. The Morgan fingerprint density at radius 2 is 0.667 bits per heavy atom. The van der Waals surface area contributed by atoms with E-state index in [1.807, 2.05) is 0 Å². The molecule has 2 heterocycles. The molecular formula is C80H72N2O2. The number of para-hydroxylation sites is 4. The van der Waals surface area contributed by atoms with E-state index in [2.05, 4.69) is 299 Å². The third-order valence-corrected chi connectivity index (χ3v) is 17.9. The van der Waals surface area contributed by atoms with E-state index in [-0.39, 0.29) is 22.7 Å². The van der Waals surface area contributed by atoms with E-state index in [0.29, 0.717) is 0 Å². The van der Waals surface area contributed by atoms with Gasteiger partial charge in [0.25, 0.3) is 0 Å². The summed E-state index contributed by atoms with van der Waals surface area (Å²) < 4.78 is 14.9. The molecule has 0 bridgehead atoms. The lowest BCUT2D eigenvalue weighted by Crippen LogP contribution is -2.15. The molecule has 0 saturated heterocycles. The summed E-state index contributed by atoms with van der Waals surface area (Å²) >= 11 is 0. The van der Waals surface area contributed by atoms with Gasteiger partial charge in [0, 0.05) is 54.6 Å². The molecule has 84 heavy (non-hydrogen) atoms. The van der Waals surface area contributed by atoms with E-state index in [9.17, 15) is 0 Å². The summed E-state index contributed by atoms with van der Waals surface area (Å²) in [5, 5.41) is 11.8. The van der Waals surface area contributed by atoms with Gasteiger partial charge in [-0.2, -0.15) is 0 Å². The molecule has 0 aliphatic carbocycles. The first-order chi connectivity index (χ1) is 40.5. The molecule has 0 spiro atoms. The molecule has 0 amide bonds. The number of benzene rings is 12. The quantitative estimate of drug-likeness (QED) is 0.128. The first-order valence-electron chi connectivity index (χ1n) is 30.1. The molecule has 0 fully saturated rings. The van der Waals surface area contributed by atoms with Crippen LogP contribution >= 0.6 is 0 Å². The van der Waals surface area contributed by atoms with Crippen LogP contribution in [-0.4, -0.2) is 0 Å². The summed E-state index contributed by atoms with van der Waals surface area (Å²) in [6.45, 7) is 27.6. The smallest absolute Gasteiger partial charge is 0.159 e. The minimum atomic E-state index is -0.139. The summed E-state index contributed by atoms with van der Waals surface area (Å²) in [6.07, 6.45) is 0. The summed E-state index contributed by atoms with van der Waals surface area (Å²) in [6, 6.07) is 76.8. The summed E-state index contributed by atoms with van der Waals surface area (Å²) in [5.74, 6) is 0.364. The maximum Gasteiger partial charge on any atom is 0.159 e. The summed E-state index contributed by atoms with van der Waals surface area (Å²) in [7, 11) is 0. The van der Waals surface area contributed by atoms with Crippen molar-refractivity contribution in [2.24, 2.45) is 0 Å². The number of nitrogens with zero attached hydrogens (tertiary/aromatic N) is 2. The van der Waals surface area contributed by atoms with Gasteiger partial charge in [0.1, 0.15) is 11.2 Å². The second kappa shape index (κ2) is 19.8. The highest BCUT2D eigenvalue weighted by Gasteiger charge is 2.33. The molecule has 0 radical (unpaired) electrons. The number of fused-ring (bicyclic) bond motifs is 6. The van der Waals surface area contributed by atoms with Crippen LogP contribution in [0.4, 0.5) is 34.1 Å². The van der Waals surface area contributed by atoms with E-state index in [4.69, 9.17) is 8.83 Å². The molecule has 12 aromatic carbocycles. The van der Waals surface area contributed by atoms with Crippen molar-refractivity contribution >= 4 is 110 Å². The van der Waals surface area contributed by atoms with Crippen molar-refractivity contribution in [3.05, 3.63) is 240 Å². The van der Waals surface area contributed by atoms with E-state index >= 15 is 0 Å². The van der Waals surface area contributed by atoms with Crippen molar-refractivity contribution in [3.63, 3.8) is 0 Å². The van der Waals surface area contributed by atoms with E-state index in [1.165, 1.54) is 54.6 Å². The lowest BCUT2D eigenvalue weighted by Gasteiger charge is -2.33. The zero-order valence-electron chi connectivity index (χ0n) is 50.5. The van der Waals surface area contributed by atoms with Crippen LogP contribution in [0.1, 0.15) is 114 Å².